The second kappa shape index (κ2) is 11.7. The fraction of sp³-hybridized carbons (Fsp3) is 0.357. The first kappa shape index (κ1) is 29.1. The third kappa shape index (κ3) is 7.20. The Kier molecular flexibility index (Phi) is 8.53. The summed E-state index contributed by atoms with van der Waals surface area (Å²) in [5.74, 6) is 0.835. The molecule has 4 rings (SSSR count). The topological polar surface area (TPSA) is 80.1 Å². The summed E-state index contributed by atoms with van der Waals surface area (Å²) >= 11 is 6.42. The van der Waals surface area contributed by atoms with E-state index >= 15 is 0 Å². The largest absolute Gasteiger partial charge is 0.456 e. The van der Waals surface area contributed by atoms with Gasteiger partial charge in [-0.25, -0.2) is 9.79 Å². The molecule has 0 radical (unpaired) electrons. The molecule has 0 spiro atoms. The van der Waals surface area contributed by atoms with E-state index in [0.29, 0.717) is 37.8 Å². The van der Waals surface area contributed by atoms with Crippen LogP contribution in [0.25, 0.3) is 0 Å². The lowest BCUT2D eigenvalue weighted by Crippen LogP contribution is -2.38. The van der Waals surface area contributed by atoms with Gasteiger partial charge in [-0.1, -0.05) is 17.7 Å². The van der Waals surface area contributed by atoms with Crippen LogP contribution in [-0.4, -0.2) is 46.8 Å². The molecule has 0 bridgehead atoms. The molecule has 1 aliphatic rings. The summed E-state index contributed by atoms with van der Waals surface area (Å²) in [4.78, 5) is 18.8. The van der Waals surface area contributed by atoms with Crippen molar-refractivity contribution in [2.45, 2.75) is 46.0 Å². The van der Waals surface area contributed by atoms with Gasteiger partial charge in [0.05, 0.1) is 16.3 Å². The molecule has 0 saturated heterocycles. The lowest BCUT2D eigenvalue weighted by atomic mass is 10.2. The summed E-state index contributed by atoms with van der Waals surface area (Å²) in [5, 5.41) is 6.72. The first-order valence-corrected chi connectivity index (χ1v) is 13.1. The number of anilines is 2. The number of rotatable bonds is 7. The van der Waals surface area contributed by atoms with Crippen LogP contribution in [0, 0.1) is 0 Å². The summed E-state index contributed by atoms with van der Waals surface area (Å²) in [5.41, 5.74) is 0.917. The van der Waals surface area contributed by atoms with E-state index in [4.69, 9.17) is 21.1 Å². The highest BCUT2D eigenvalue weighted by molar-refractivity contribution is 6.32. The number of hydrogen-bond acceptors (Lipinski definition) is 6. The highest BCUT2D eigenvalue weighted by Gasteiger charge is 2.30. The second-order valence-electron chi connectivity index (χ2n) is 10.1. The molecule has 214 valence electrons. The van der Waals surface area contributed by atoms with Crippen molar-refractivity contribution in [1.82, 2.24) is 9.47 Å². The summed E-state index contributed by atoms with van der Waals surface area (Å²) in [7, 11) is 0. The van der Waals surface area contributed by atoms with Gasteiger partial charge in [0.15, 0.2) is 5.84 Å². The predicted molar refractivity (Wildman–Crippen MR) is 150 cm³/mol. The standard InChI is InChI=1S/C28H31ClF3N5O3/c1-5-36(26(38)40-27(2,3)4)13-14-37-12-11-22-24(37)25(34-17-33-22)35-19-9-10-23(21(29)16-19)39-20-8-6-7-18(15-20)28(30,31)32/h6-12,15-16,33H,5,13-14,17H2,1-4H3,(H,34,35). The molecule has 8 nitrogen and oxygen atoms in total. The maximum atomic E-state index is 13.0. The van der Waals surface area contributed by atoms with Crippen LogP contribution in [-0.2, 0) is 17.5 Å². The Morgan fingerprint density at radius 3 is 2.62 bits per heavy atom. The van der Waals surface area contributed by atoms with Gasteiger partial charge in [-0.05, 0) is 70.2 Å². The third-order valence-corrected chi connectivity index (χ3v) is 6.22. The number of nitrogens with zero attached hydrogens (tertiary/aromatic N) is 3. The van der Waals surface area contributed by atoms with E-state index in [1.165, 1.54) is 12.1 Å². The number of ether oxygens (including phenoxy) is 2. The van der Waals surface area contributed by atoms with Crippen LogP contribution in [0.4, 0.5) is 29.3 Å². The van der Waals surface area contributed by atoms with Crippen molar-refractivity contribution in [2.24, 2.45) is 4.99 Å². The molecule has 2 aromatic carbocycles. The highest BCUT2D eigenvalue weighted by atomic mass is 35.5. The number of carbonyl (C=O) groups excluding carboxylic acids is 1. The minimum Gasteiger partial charge on any atom is -0.456 e. The van der Waals surface area contributed by atoms with E-state index in [1.54, 1.807) is 23.1 Å². The Labute approximate surface area is 235 Å². The second-order valence-corrected chi connectivity index (χ2v) is 10.5. The van der Waals surface area contributed by atoms with Gasteiger partial charge in [-0.3, -0.25) is 0 Å². The smallest absolute Gasteiger partial charge is 0.416 e. The fourth-order valence-corrected chi connectivity index (χ4v) is 4.26. The number of likely N-dealkylation sites (N-methyl/N-ethyl adjacent to an activating group) is 1. The highest BCUT2D eigenvalue weighted by Crippen LogP contribution is 2.36. The first-order valence-electron chi connectivity index (χ1n) is 12.7. The quantitative estimate of drug-likeness (QED) is 0.305. The van der Waals surface area contributed by atoms with Crippen LogP contribution in [0.15, 0.2) is 59.7 Å². The Morgan fingerprint density at radius 2 is 1.95 bits per heavy atom. The molecule has 0 unspecified atom stereocenters. The maximum Gasteiger partial charge on any atom is 0.416 e. The summed E-state index contributed by atoms with van der Waals surface area (Å²) < 4.78 is 52.2. The van der Waals surface area contributed by atoms with Gasteiger partial charge in [0.1, 0.15) is 29.5 Å². The normalized spacial score (nSPS) is 13.2. The average molecular weight is 578 g/mol. The molecule has 1 amide bonds. The third-order valence-electron chi connectivity index (χ3n) is 5.92. The van der Waals surface area contributed by atoms with Crippen LogP contribution < -0.4 is 15.4 Å². The minimum absolute atomic E-state index is 0.0233. The summed E-state index contributed by atoms with van der Waals surface area (Å²) in [6.07, 6.45) is -2.93. The Morgan fingerprint density at radius 1 is 1.18 bits per heavy atom. The summed E-state index contributed by atoms with van der Waals surface area (Å²) in [6, 6.07) is 11.4. The summed E-state index contributed by atoms with van der Waals surface area (Å²) in [6.45, 7) is 9.20. The van der Waals surface area contributed by atoms with Gasteiger partial charge in [-0.15, -0.1) is 0 Å². The van der Waals surface area contributed by atoms with Crippen LogP contribution in [0.5, 0.6) is 11.5 Å². The van der Waals surface area contributed by atoms with E-state index in [9.17, 15) is 18.0 Å². The van der Waals surface area contributed by atoms with Gasteiger partial charge >= 0.3 is 12.3 Å². The van der Waals surface area contributed by atoms with Crippen molar-refractivity contribution < 1.29 is 27.4 Å². The molecule has 1 aliphatic heterocycles. The number of hydrogen-bond donors (Lipinski definition) is 2. The molecule has 1 aromatic heterocycles. The molecular weight excluding hydrogens is 547 g/mol. The van der Waals surface area contributed by atoms with Crippen LogP contribution in [0.3, 0.4) is 0 Å². The number of nitrogens with one attached hydrogen (secondary N) is 2. The zero-order chi connectivity index (χ0) is 29.1. The van der Waals surface area contributed by atoms with Crippen molar-refractivity contribution in [3.8, 4) is 11.5 Å². The van der Waals surface area contributed by atoms with E-state index in [2.05, 4.69) is 15.6 Å². The lowest BCUT2D eigenvalue weighted by Gasteiger charge is -2.27. The average Bonchev–Trinajstić information content (AvgIpc) is 3.29. The molecular formula is C28H31ClF3N5O3. The van der Waals surface area contributed by atoms with Crippen LogP contribution in [0.1, 0.15) is 39.0 Å². The molecule has 2 N–H and O–H groups in total. The molecule has 40 heavy (non-hydrogen) atoms. The number of alkyl halides is 3. The molecule has 0 fully saturated rings. The molecule has 3 aromatic rings. The first-order chi connectivity index (χ1) is 18.8. The van der Waals surface area contributed by atoms with Gasteiger partial charge in [0.2, 0.25) is 0 Å². The van der Waals surface area contributed by atoms with Gasteiger partial charge in [0, 0.05) is 31.5 Å². The van der Waals surface area contributed by atoms with Crippen molar-refractivity contribution in [3.63, 3.8) is 0 Å². The predicted octanol–water partition coefficient (Wildman–Crippen LogP) is 7.45. The number of aromatic nitrogens is 1. The number of carbonyl (C=O) groups is 1. The van der Waals surface area contributed by atoms with E-state index in [-0.39, 0.29) is 22.6 Å². The maximum absolute atomic E-state index is 13.0. The van der Waals surface area contributed by atoms with Crippen molar-refractivity contribution in [1.29, 1.82) is 0 Å². The van der Waals surface area contributed by atoms with Crippen molar-refractivity contribution in [3.05, 3.63) is 71.0 Å². The van der Waals surface area contributed by atoms with Crippen LogP contribution in [0.2, 0.25) is 5.02 Å². The Balaban J connectivity index is 1.47. The molecule has 0 aliphatic carbocycles. The zero-order valence-corrected chi connectivity index (χ0v) is 23.4. The van der Waals surface area contributed by atoms with E-state index in [0.717, 1.165) is 23.5 Å². The number of benzene rings is 2. The van der Waals surface area contributed by atoms with Crippen LogP contribution >= 0.6 is 11.6 Å². The van der Waals surface area contributed by atoms with Gasteiger partial charge < -0.3 is 29.6 Å². The van der Waals surface area contributed by atoms with Gasteiger partial charge in [-0.2, -0.15) is 13.2 Å². The minimum atomic E-state index is -4.48. The fourth-order valence-electron chi connectivity index (χ4n) is 4.04. The Bertz CT molecular complexity index is 1400. The molecule has 0 atom stereocenters. The monoisotopic (exact) mass is 577 g/mol. The van der Waals surface area contributed by atoms with Crippen molar-refractivity contribution >= 4 is 34.9 Å². The molecule has 2 heterocycles. The van der Waals surface area contributed by atoms with E-state index in [1.807, 2.05) is 44.5 Å². The number of aliphatic imine (C=N–C) groups is 1. The van der Waals surface area contributed by atoms with Gasteiger partial charge in [0.25, 0.3) is 0 Å². The Hall–Kier alpha value is -3.86. The molecule has 12 heteroatoms. The number of halogens is 4. The zero-order valence-electron chi connectivity index (χ0n) is 22.6. The SMILES string of the molecule is CCN(CCn1ccc2c1C(Nc1ccc(Oc3cccc(C(F)(F)F)c3)c(Cl)c1)=NCN2)C(=O)OC(C)(C)C. The van der Waals surface area contributed by atoms with Crippen molar-refractivity contribution in [2.75, 3.05) is 30.4 Å². The molecule has 0 saturated carbocycles. The van der Waals surface area contributed by atoms with E-state index < -0.39 is 17.3 Å². The lowest BCUT2D eigenvalue weighted by molar-refractivity contribution is -0.137. The number of amidine groups is 1. The number of amides is 1. The number of fused-ring (bicyclic) bond motifs is 1.